The highest BCUT2D eigenvalue weighted by Crippen LogP contribution is 2.32. The van der Waals surface area contributed by atoms with E-state index in [4.69, 9.17) is 0 Å². The van der Waals surface area contributed by atoms with Crippen LogP contribution in [0.5, 0.6) is 0 Å². The van der Waals surface area contributed by atoms with Crippen molar-refractivity contribution in [2.45, 2.75) is 24.9 Å². The standard InChI is InChI=1S/C15H22N4/c1-2-6-17-15(3-1)18-10-13-4-5-14(11-18)19(13)9-12-7-16-8-12/h1-3,6,12-14,16H,4-5,7-11H2. The van der Waals surface area contributed by atoms with Gasteiger partial charge in [0.15, 0.2) is 0 Å². The molecule has 19 heavy (non-hydrogen) atoms. The fourth-order valence-electron chi connectivity index (χ4n) is 3.79. The molecule has 4 nitrogen and oxygen atoms in total. The summed E-state index contributed by atoms with van der Waals surface area (Å²) < 4.78 is 0. The predicted molar refractivity (Wildman–Crippen MR) is 76.3 cm³/mol. The van der Waals surface area contributed by atoms with Gasteiger partial charge in [0.05, 0.1) is 0 Å². The van der Waals surface area contributed by atoms with Crippen molar-refractivity contribution >= 4 is 5.82 Å². The molecule has 2 unspecified atom stereocenters. The van der Waals surface area contributed by atoms with Crippen molar-refractivity contribution in [2.24, 2.45) is 5.92 Å². The second kappa shape index (κ2) is 4.76. The second-order valence-corrected chi connectivity index (χ2v) is 6.20. The van der Waals surface area contributed by atoms with Crippen LogP contribution < -0.4 is 10.2 Å². The van der Waals surface area contributed by atoms with E-state index in [9.17, 15) is 0 Å². The molecule has 3 aliphatic heterocycles. The lowest BCUT2D eigenvalue weighted by atomic mass is 10.0. The highest BCUT2D eigenvalue weighted by atomic mass is 15.3. The summed E-state index contributed by atoms with van der Waals surface area (Å²) in [6, 6.07) is 7.74. The molecule has 0 aliphatic carbocycles. The topological polar surface area (TPSA) is 31.4 Å². The molecule has 102 valence electrons. The number of fused-ring (bicyclic) bond motifs is 2. The zero-order valence-corrected chi connectivity index (χ0v) is 11.3. The van der Waals surface area contributed by atoms with E-state index in [2.05, 4.69) is 32.2 Å². The number of hydrogen-bond acceptors (Lipinski definition) is 4. The first kappa shape index (κ1) is 11.7. The molecule has 3 saturated heterocycles. The number of aromatic nitrogens is 1. The van der Waals surface area contributed by atoms with Gasteiger partial charge >= 0.3 is 0 Å². The van der Waals surface area contributed by atoms with E-state index in [1.807, 2.05) is 12.3 Å². The van der Waals surface area contributed by atoms with Crippen LogP contribution in [-0.4, -0.2) is 54.7 Å². The monoisotopic (exact) mass is 258 g/mol. The maximum absolute atomic E-state index is 4.51. The van der Waals surface area contributed by atoms with Gasteiger partial charge in [-0.05, 0) is 30.9 Å². The lowest BCUT2D eigenvalue weighted by molar-refractivity contribution is 0.123. The average Bonchev–Trinajstić information content (AvgIpc) is 2.64. The van der Waals surface area contributed by atoms with Gasteiger partial charge in [-0.3, -0.25) is 4.90 Å². The SMILES string of the molecule is c1ccc(N2CC3CCC(C2)N3CC2CNC2)nc1. The number of pyridine rings is 1. The van der Waals surface area contributed by atoms with Crippen molar-refractivity contribution in [1.82, 2.24) is 15.2 Å². The predicted octanol–water partition coefficient (Wildman–Crippen LogP) is 0.954. The van der Waals surface area contributed by atoms with Gasteiger partial charge in [0, 0.05) is 51.0 Å². The Balaban J connectivity index is 1.46. The second-order valence-electron chi connectivity index (χ2n) is 6.20. The Kier molecular flexibility index (Phi) is 2.93. The van der Waals surface area contributed by atoms with Crippen LogP contribution in [0.15, 0.2) is 24.4 Å². The molecule has 3 aliphatic rings. The average molecular weight is 258 g/mol. The van der Waals surface area contributed by atoms with Crippen LogP contribution in [0.25, 0.3) is 0 Å². The molecule has 0 aromatic carbocycles. The molecule has 2 atom stereocenters. The highest BCUT2D eigenvalue weighted by molar-refractivity contribution is 5.39. The molecule has 0 spiro atoms. The van der Waals surface area contributed by atoms with Crippen molar-refractivity contribution in [2.75, 3.05) is 37.6 Å². The van der Waals surface area contributed by atoms with Crippen LogP contribution in [0, 0.1) is 5.92 Å². The van der Waals surface area contributed by atoms with Crippen LogP contribution >= 0.6 is 0 Å². The molecule has 0 saturated carbocycles. The summed E-state index contributed by atoms with van der Waals surface area (Å²) in [6.45, 7) is 6.07. The lowest BCUT2D eigenvalue weighted by Gasteiger charge is -2.44. The number of piperazine rings is 1. The van der Waals surface area contributed by atoms with E-state index in [0.717, 1.165) is 36.9 Å². The van der Waals surface area contributed by atoms with Crippen molar-refractivity contribution in [3.05, 3.63) is 24.4 Å². The van der Waals surface area contributed by atoms with Crippen molar-refractivity contribution in [1.29, 1.82) is 0 Å². The Bertz CT molecular complexity index is 417. The minimum atomic E-state index is 0.751. The maximum Gasteiger partial charge on any atom is 0.128 e. The van der Waals surface area contributed by atoms with Gasteiger partial charge in [-0.1, -0.05) is 6.07 Å². The van der Waals surface area contributed by atoms with Crippen LogP contribution in [0.1, 0.15) is 12.8 Å². The van der Waals surface area contributed by atoms with Crippen molar-refractivity contribution < 1.29 is 0 Å². The minimum absolute atomic E-state index is 0.751. The molecular formula is C15H22N4. The molecule has 1 aromatic heterocycles. The van der Waals surface area contributed by atoms with Gasteiger partial charge < -0.3 is 10.2 Å². The van der Waals surface area contributed by atoms with Crippen molar-refractivity contribution in [3.8, 4) is 0 Å². The van der Waals surface area contributed by atoms with Gasteiger partial charge in [-0.2, -0.15) is 0 Å². The molecule has 2 bridgehead atoms. The van der Waals surface area contributed by atoms with E-state index >= 15 is 0 Å². The molecule has 4 rings (SSSR count). The fourth-order valence-corrected chi connectivity index (χ4v) is 3.79. The number of rotatable bonds is 3. The summed E-state index contributed by atoms with van der Waals surface area (Å²) in [5.41, 5.74) is 0. The van der Waals surface area contributed by atoms with Gasteiger partial charge in [0.2, 0.25) is 0 Å². The van der Waals surface area contributed by atoms with Gasteiger partial charge in [-0.25, -0.2) is 4.98 Å². The molecule has 0 amide bonds. The molecular weight excluding hydrogens is 236 g/mol. The maximum atomic E-state index is 4.51. The minimum Gasteiger partial charge on any atom is -0.353 e. The lowest BCUT2D eigenvalue weighted by Crippen LogP contribution is -2.58. The third-order valence-corrected chi connectivity index (χ3v) is 4.94. The Hall–Kier alpha value is -1.13. The number of nitrogens with one attached hydrogen (secondary N) is 1. The third-order valence-electron chi connectivity index (χ3n) is 4.94. The third kappa shape index (κ3) is 2.13. The van der Waals surface area contributed by atoms with E-state index in [1.54, 1.807) is 0 Å². The first-order chi connectivity index (χ1) is 9.40. The van der Waals surface area contributed by atoms with E-state index < -0.39 is 0 Å². The summed E-state index contributed by atoms with van der Waals surface area (Å²) in [7, 11) is 0. The van der Waals surface area contributed by atoms with Crippen LogP contribution in [0.3, 0.4) is 0 Å². The quantitative estimate of drug-likeness (QED) is 0.875. The van der Waals surface area contributed by atoms with Crippen LogP contribution in [0.4, 0.5) is 5.82 Å². The first-order valence-corrected chi connectivity index (χ1v) is 7.52. The zero-order valence-electron chi connectivity index (χ0n) is 11.3. The summed E-state index contributed by atoms with van der Waals surface area (Å²) in [5.74, 6) is 2.05. The number of anilines is 1. The summed E-state index contributed by atoms with van der Waals surface area (Å²) in [4.78, 5) is 9.78. The number of nitrogens with zero attached hydrogens (tertiary/aromatic N) is 3. The normalized spacial score (nSPS) is 31.5. The Labute approximate surface area is 114 Å². The van der Waals surface area contributed by atoms with Crippen molar-refractivity contribution in [3.63, 3.8) is 0 Å². The molecule has 4 heterocycles. The molecule has 0 radical (unpaired) electrons. The summed E-state index contributed by atoms with van der Waals surface area (Å²) in [5, 5.41) is 3.39. The zero-order chi connectivity index (χ0) is 12.7. The Morgan fingerprint density at radius 2 is 1.95 bits per heavy atom. The Morgan fingerprint density at radius 3 is 2.53 bits per heavy atom. The molecule has 4 heteroatoms. The van der Waals surface area contributed by atoms with Crippen LogP contribution in [0.2, 0.25) is 0 Å². The number of hydrogen-bond donors (Lipinski definition) is 1. The molecule has 1 aromatic rings. The van der Waals surface area contributed by atoms with Gasteiger partial charge in [-0.15, -0.1) is 0 Å². The Morgan fingerprint density at radius 1 is 1.16 bits per heavy atom. The highest BCUT2D eigenvalue weighted by Gasteiger charge is 2.41. The smallest absolute Gasteiger partial charge is 0.128 e. The fraction of sp³-hybridized carbons (Fsp3) is 0.667. The van der Waals surface area contributed by atoms with Crippen LogP contribution in [-0.2, 0) is 0 Å². The summed E-state index contributed by atoms with van der Waals surface area (Å²) >= 11 is 0. The first-order valence-electron chi connectivity index (χ1n) is 7.52. The largest absolute Gasteiger partial charge is 0.353 e. The molecule has 3 fully saturated rings. The van der Waals surface area contributed by atoms with E-state index in [0.29, 0.717) is 0 Å². The summed E-state index contributed by atoms with van der Waals surface area (Å²) in [6.07, 6.45) is 4.64. The van der Waals surface area contributed by atoms with E-state index in [1.165, 1.54) is 32.5 Å². The van der Waals surface area contributed by atoms with E-state index in [-0.39, 0.29) is 0 Å². The molecule has 1 N–H and O–H groups in total. The van der Waals surface area contributed by atoms with Gasteiger partial charge in [0.1, 0.15) is 5.82 Å². The van der Waals surface area contributed by atoms with Gasteiger partial charge in [0.25, 0.3) is 0 Å².